The Balaban J connectivity index is 1.93. The number of benzene rings is 2. The highest BCUT2D eigenvalue weighted by molar-refractivity contribution is 9.10. The number of hydrazine groups is 1. The van der Waals surface area contributed by atoms with E-state index >= 15 is 0 Å². The molecule has 2 aromatic carbocycles. The molecule has 1 N–H and O–H groups in total. The zero-order valence-electron chi connectivity index (χ0n) is 16.0. The first-order chi connectivity index (χ1) is 13.5. The highest BCUT2D eigenvalue weighted by Crippen LogP contribution is 2.29. The number of carbonyl (C=O) groups is 2. The molecule has 0 aromatic heterocycles. The van der Waals surface area contributed by atoms with Crippen molar-refractivity contribution in [1.29, 1.82) is 0 Å². The van der Waals surface area contributed by atoms with Crippen LogP contribution in [0.2, 0.25) is 0 Å². The molecule has 1 heterocycles. The Bertz CT molecular complexity index is 921. The molecule has 1 aliphatic heterocycles. The molecule has 6 nitrogen and oxygen atoms in total. The Labute approximate surface area is 172 Å². The molecule has 7 heteroatoms. The molecular weight excluding hydrogens is 422 g/mol. The molecule has 1 aliphatic rings. The van der Waals surface area contributed by atoms with Gasteiger partial charge in [-0.1, -0.05) is 15.9 Å². The van der Waals surface area contributed by atoms with Crippen molar-refractivity contribution in [2.45, 2.75) is 13.8 Å². The summed E-state index contributed by atoms with van der Waals surface area (Å²) in [5.74, 6) is -0.232. The molecule has 0 saturated carbocycles. The third kappa shape index (κ3) is 3.89. The van der Waals surface area contributed by atoms with Crippen LogP contribution in [0.5, 0.6) is 5.75 Å². The summed E-state index contributed by atoms with van der Waals surface area (Å²) in [6.45, 7) is 5.93. The molecule has 0 unspecified atom stereocenters. The highest BCUT2D eigenvalue weighted by Gasteiger charge is 2.34. The van der Waals surface area contributed by atoms with Gasteiger partial charge in [0.2, 0.25) is 0 Å². The molecule has 0 spiro atoms. The molecule has 146 valence electrons. The van der Waals surface area contributed by atoms with Crippen LogP contribution in [0.25, 0.3) is 6.08 Å². The molecule has 1 fully saturated rings. The third-order valence-corrected chi connectivity index (χ3v) is 5.15. The minimum atomic E-state index is -0.442. The van der Waals surface area contributed by atoms with Crippen molar-refractivity contribution in [3.05, 3.63) is 58.1 Å². The Morgan fingerprint density at radius 1 is 1.11 bits per heavy atom. The van der Waals surface area contributed by atoms with E-state index in [9.17, 15) is 9.59 Å². The first-order valence-corrected chi connectivity index (χ1v) is 9.83. The van der Waals surface area contributed by atoms with E-state index in [0.29, 0.717) is 17.0 Å². The van der Waals surface area contributed by atoms with Gasteiger partial charge in [0, 0.05) is 34.9 Å². The van der Waals surface area contributed by atoms with E-state index in [-0.39, 0.29) is 5.57 Å². The molecule has 1 saturated heterocycles. The number of halogens is 1. The van der Waals surface area contributed by atoms with Crippen molar-refractivity contribution in [3.8, 4) is 5.75 Å². The number of nitrogens with zero attached hydrogens (tertiary/aromatic N) is 2. The number of anilines is 2. The standard InChI is InChI=1S/C21H22BrN3O3/c1-4-24(5-2)17-9-6-14(19(13-17)28-3)12-18-20(26)23-25(21(18)27)16-10-7-15(22)8-11-16/h6-13H,4-5H2,1-3H3,(H,23,26)/b18-12-. The van der Waals surface area contributed by atoms with Gasteiger partial charge < -0.3 is 9.64 Å². The second-order valence-corrected chi connectivity index (χ2v) is 7.13. The predicted molar refractivity (Wildman–Crippen MR) is 114 cm³/mol. The van der Waals surface area contributed by atoms with Gasteiger partial charge >= 0.3 is 0 Å². The Kier molecular flexibility index (Phi) is 6.04. The SMILES string of the molecule is CCN(CC)c1ccc(/C=C2/C(=O)NN(c3ccc(Br)cc3)C2=O)c(OC)c1. The molecule has 0 radical (unpaired) electrons. The largest absolute Gasteiger partial charge is 0.496 e. The number of rotatable bonds is 6. The Morgan fingerprint density at radius 2 is 1.79 bits per heavy atom. The van der Waals surface area contributed by atoms with E-state index in [4.69, 9.17) is 4.74 Å². The molecule has 0 atom stereocenters. The number of ether oxygens (including phenoxy) is 1. The number of methoxy groups -OCH3 is 1. The molecule has 2 aromatic rings. The van der Waals surface area contributed by atoms with Crippen molar-refractivity contribution in [2.75, 3.05) is 30.1 Å². The van der Waals surface area contributed by atoms with Crippen molar-refractivity contribution in [3.63, 3.8) is 0 Å². The lowest BCUT2D eigenvalue weighted by Crippen LogP contribution is -2.35. The molecule has 3 rings (SSSR count). The van der Waals surface area contributed by atoms with E-state index in [0.717, 1.165) is 23.2 Å². The van der Waals surface area contributed by atoms with Crippen molar-refractivity contribution in [1.82, 2.24) is 5.43 Å². The van der Waals surface area contributed by atoms with Gasteiger partial charge in [-0.2, -0.15) is 0 Å². The average molecular weight is 444 g/mol. The first kappa shape index (κ1) is 19.9. The van der Waals surface area contributed by atoms with E-state index in [2.05, 4.69) is 40.1 Å². The summed E-state index contributed by atoms with van der Waals surface area (Å²) in [6.07, 6.45) is 1.57. The van der Waals surface area contributed by atoms with E-state index in [1.807, 2.05) is 30.3 Å². The lowest BCUT2D eigenvalue weighted by Gasteiger charge is -2.22. The quantitative estimate of drug-likeness (QED) is 0.545. The van der Waals surface area contributed by atoms with Gasteiger partial charge in [0.15, 0.2) is 0 Å². The summed E-state index contributed by atoms with van der Waals surface area (Å²) >= 11 is 3.36. The van der Waals surface area contributed by atoms with Crippen molar-refractivity contribution >= 4 is 45.2 Å². The Morgan fingerprint density at radius 3 is 2.39 bits per heavy atom. The molecule has 0 bridgehead atoms. The van der Waals surface area contributed by atoms with Crippen LogP contribution in [0.4, 0.5) is 11.4 Å². The van der Waals surface area contributed by atoms with Gasteiger partial charge in [0.25, 0.3) is 11.8 Å². The van der Waals surface area contributed by atoms with Gasteiger partial charge in [0.05, 0.1) is 12.8 Å². The molecule has 2 amide bonds. The minimum Gasteiger partial charge on any atom is -0.496 e. The maximum atomic E-state index is 12.8. The number of nitrogens with one attached hydrogen (secondary N) is 1. The number of amides is 2. The van der Waals surface area contributed by atoms with E-state index in [1.165, 1.54) is 5.01 Å². The average Bonchev–Trinajstić information content (AvgIpc) is 2.98. The predicted octanol–water partition coefficient (Wildman–Crippen LogP) is 3.77. The zero-order valence-corrected chi connectivity index (χ0v) is 17.6. The van der Waals surface area contributed by atoms with E-state index in [1.54, 1.807) is 25.3 Å². The lowest BCUT2D eigenvalue weighted by molar-refractivity contribution is -0.117. The van der Waals surface area contributed by atoms with E-state index < -0.39 is 11.8 Å². The summed E-state index contributed by atoms with van der Waals surface area (Å²) < 4.78 is 6.39. The summed E-state index contributed by atoms with van der Waals surface area (Å²) in [6, 6.07) is 12.9. The normalized spacial score (nSPS) is 15.1. The maximum Gasteiger partial charge on any atom is 0.282 e. The summed E-state index contributed by atoms with van der Waals surface area (Å²) in [4.78, 5) is 27.4. The lowest BCUT2D eigenvalue weighted by atomic mass is 10.1. The van der Waals surface area contributed by atoms with Crippen LogP contribution in [-0.4, -0.2) is 32.0 Å². The zero-order chi connectivity index (χ0) is 20.3. The van der Waals surface area contributed by atoms with Crippen LogP contribution in [-0.2, 0) is 9.59 Å². The number of carbonyl (C=O) groups excluding carboxylic acids is 2. The third-order valence-electron chi connectivity index (χ3n) is 4.62. The second-order valence-electron chi connectivity index (χ2n) is 6.21. The van der Waals surface area contributed by atoms with Crippen LogP contribution in [0, 0.1) is 0 Å². The van der Waals surface area contributed by atoms with Crippen molar-refractivity contribution < 1.29 is 14.3 Å². The van der Waals surface area contributed by atoms with Gasteiger partial charge in [-0.05, 0) is 56.3 Å². The van der Waals surface area contributed by atoms with Crippen LogP contribution >= 0.6 is 15.9 Å². The van der Waals surface area contributed by atoms with Crippen LogP contribution in [0.1, 0.15) is 19.4 Å². The monoisotopic (exact) mass is 443 g/mol. The molecule has 28 heavy (non-hydrogen) atoms. The first-order valence-electron chi connectivity index (χ1n) is 9.04. The Hall–Kier alpha value is -2.80. The smallest absolute Gasteiger partial charge is 0.282 e. The fourth-order valence-corrected chi connectivity index (χ4v) is 3.35. The number of hydrogen-bond donors (Lipinski definition) is 1. The summed E-state index contributed by atoms with van der Waals surface area (Å²) in [5.41, 5.74) is 4.97. The maximum absolute atomic E-state index is 12.8. The minimum absolute atomic E-state index is 0.0665. The fourth-order valence-electron chi connectivity index (χ4n) is 3.09. The summed E-state index contributed by atoms with van der Waals surface area (Å²) in [5, 5.41) is 1.25. The second kappa shape index (κ2) is 8.48. The van der Waals surface area contributed by atoms with Crippen LogP contribution in [0.15, 0.2) is 52.5 Å². The molecule has 0 aliphatic carbocycles. The molecular formula is C21H22BrN3O3. The fraction of sp³-hybridized carbons (Fsp3) is 0.238. The van der Waals surface area contributed by atoms with Crippen LogP contribution in [0.3, 0.4) is 0 Å². The van der Waals surface area contributed by atoms with Crippen molar-refractivity contribution in [2.24, 2.45) is 0 Å². The van der Waals surface area contributed by atoms with Gasteiger partial charge in [-0.15, -0.1) is 0 Å². The van der Waals surface area contributed by atoms with Gasteiger partial charge in [-0.3, -0.25) is 15.0 Å². The number of hydrogen-bond acceptors (Lipinski definition) is 4. The van der Waals surface area contributed by atoms with Crippen LogP contribution < -0.4 is 20.1 Å². The van der Waals surface area contributed by atoms with Gasteiger partial charge in [-0.25, -0.2) is 5.01 Å². The topological polar surface area (TPSA) is 61.9 Å². The van der Waals surface area contributed by atoms with Gasteiger partial charge in [0.1, 0.15) is 11.3 Å². The summed E-state index contributed by atoms with van der Waals surface area (Å²) in [7, 11) is 1.58. The highest BCUT2D eigenvalue weighted by atomic mass is 79.9.